The maximum Gasteiger partial charge on any atom is 0.246 e. The van der Waals surface area contributed by atoms with E-state index in [-0.39, 0.29) is 29.8 Å². The summed E-state index contributed by atoms with van der Waals surface area (Å²) in [5, 5.41) is 4.87. The van der Waals surface area contributed by atoms with Gasteiger partial charge in [0.25, 0.3) is 0 Å². The van der Waals surface area contributed by atoms with Gasteiger partial charge < -0.3 is 10.2 Å². The second kappa shape index (κ2) is 6.92. The highest BCUT2D eigenvalue weighted by molar-refractivity contribution is 9.10. The van der Waals surface area contributed by atoms with Crippen molar-refractivity contribution in [3.05, 3.63) is 20.8 Å². The van der Waals surface area contributed by atoms with Crippen LogP contribution < -0.4 is 5.32 Å². The Morgan fingerprint density at radius 1 is 1.43 bits per heavy atom. The summed E-state index contributed by atoms with van der Waals surface area (Å²) < 4.78 is 1.00. The van der Waals surface area contributed by atoms with Crippen molar-refractivity contribution in [2.75, 3.05) is 0 Å². The molecular weight excluding hydrogens is 352 g/mol. The van der Waals surface area contributed by atoms with Crippen LogP contribution in [0.5, 0.6) is 0 Å². The predicted molar refractivity (Wildman–Crippen MR) is 88.0 cm³/mol. The molecule has 2 amide bonds. The monoisotopic (exact) mass is 372 g/mol. The van der Waals surface area contributed by atoms with Crippen molar-refractivity contribution in [3.8, 4) is 0 Å². The van der Waals surface area contributed by atoms with Crippen LogP contribution in [0.1, 0.15) is 38.5 Å². The highest BCUT2D eigenvalue weighted by atomic mass is 79.9. The number of nitrogens with zero attached hydrogens (tertiary/aromatic N) is 1. The minimum atomic E-state index is -0.389. The molecule has 0 radical (unpaired) electrons. The Bertz CT molecular complexity index is 529. The minimum absolute atomic E-state index is 0.0317. The van der Waals surface area contributed by atoms with Crippen molar-refractivity contribution in [3.63, 3.8) is 0 Å². The van der Waals surface area contributed by atoms with Crippen LogP contribution in [-0.2, 0) is 16.1 Å². The first-order chi connectivity index (χ1) is 9.95. The summed E-state index contributed by atoms with van der Waals surface area (Å²) in [5.41, 5.74) is 0. The largest absolute Gasteiger partial charge is 0.342 e. The molecule has 1 aromatic heterocycles. The van der Waals surface area contributed by atoms with Gasteiger partial charge in [-0.05, 0) is 39.7 Å². The summed E-state index contributed by atoms with van der Waals surface area (Å²) >= 11 is 5.11. The summed E-state index contributed by atoms with van der Waals surface area (Å²) in [6.45, 7) is 6.48. The van der Waals surface area contributed by atoms with Gasteiger partial charge >= 0.3 is 0 Å². The van der Waals surface area contributed by atoms with E-state index in [1.807, 2.05) is 32.2 Å². The van der Waals surface area contributed by atoms with Gasteiger partial charge in [0.05, 0.1) is 6.54 Å². The topological polar surface area (TPSA) is 49.4 Å². The van der Waals surface area contributed by atoms with Gasteiger partial charge in [0.15, 0.2) is 0 Å². The average Bonchev–Trinajstić information content (AvgIpc) is 2.80. The Morgan fingerprint density at radius 3 is 2.67 bits per heavy atom. The van der Waals surface area contributed by atoms with Crippen molar-refractivity contribution in [1.29, 1.82) is 0 Å². The number of halogens is 1. The molecule has 1 N–H and O–H groups in total. The molecule has 1 saturated heterocycles. The number of carbonyl (C=O) groups excluding carboxylic acids is 2. The van der Waals surface area contributed by atoms with Crippen LogP contribution in [-0.4, -0.2) is 28.8 Å². The first-order valence-corrected chi connectivity index (χ1v) is 8.95. The van der Waals surface area contributed by atoms with Gasteiger partial charge in [-0.3, -0.25) is 9.59 Å². The van der Waals surface area contributed by atoms with Gasteiger partial charge in [-0.1, -0.05) is 27.2 Å². The van der Waals surface area contributed by atoms with Gasteiger partial charge in [0, 0.05) is 9.35 Å². The van der Waals surface area contributed by atoms with Crippen LogP contribution in [0.3, 0.4) is 0 Å². The van der Waals surface area contributed by atoms with Crippen molar-refractivity contribution < 1.29 is 9.59 Å². The molecule has 0 bridgehead atoms. The maximum atomic E-state index is 12.7. The highest BCUT2D eigenvalue weighted by Gasteiger charge is 2.41. The molecule has 116 valence electrons. The second-order valence-electron chi connectivity index (χ2n) is 5.70. The van der Waals surface area contributed by atoms with Gasteiger partial charge in [-0.2, -0.15) is 0 Å². The van der Waals surface area contributed by atoms with Gasteiger partial charge in [0.1, 0.15) is 12.1 Å². The fourth-order valence-electron chi connectivity index (χ4n) is 2.71. The zero-order chi connectivity index (χ0) is 15.6. The van der Waals surface area contributed by atoms with E-state index in [0.29, 0.717) is 13.0 Å². The number of amides is 2. The number of nitrogens with one attached hydrogen (secondary N) is 1. The lowest BCUT2D eigenvalue weighted by Gasteiger charge is -2.40. The van der Waals surface area contributed by atoms with Gasteiger partial charge in [-0.15, -0.1) is 11.3 Å². The Labute approximate surface area is 138 Å². The first-order valence-electron chi connectivity index (χ1n) is 7.28. The molecule has 2 heterocycles. The second-order valence-corrected chi connectivity index (χ2v) is 7.55. The predicted octanol–water partition coefficient (Wildman–Crippen LogP) is 3.16. The fourth-order valence-corrected chi connectivity index (χ4v) is 4.19. The number of carbonyl (C=O) groups is 2. The third kappa shape index (κ3) is 3.48. The van der Waals surface area contributed by atoms with E-state index in [4.69, 9.17) is 0 Å². The molecule has 21 heavy (non-hydrogen) atoms. The van der Waals surface area contributed by atoms with Crippen molar-refractivity contribution in [2.45, 2.75) is 52.2 Å². The number of piperazine rings is 1. The average molecular weight is 373 g/mol. The number of hydrogen-bond acceptors (Lipinski definition) is 3. The Hall–Kier alpha value is -0.880. The van der Waals surface area contributed by atoms with E-state index in [0.717, 1.165) is 15.8 Å². The van der Waals surface area contributed by atoms with E-state index in [1.54, 1.807) is 16.2 Å². The molecule has 4 nitrogen and oxygen atoms in total. The van der Waals surface area contributed by atoms with E-state index in [1.165, 1.54) is 0 Å². The molecule has 2 rings (SSSR count). The van der Waals surface area contributed by atoms with Crippen LogP contribution >= 0.6 is 27.3 Å². The molecule has 6 heteroatoms. The Balaban J connectivity index is 2.27. The van der Waals surface area contributed by atoms with Crippen molar-refractivity contribution in [1.82, 2.24) is 10.2 Å². The summed E-state index contributed by atoms with van der Waals surface area (Å²) in [7, 11) is 0. The van der Waals surface area contributed by atoms with Crippen LogP contribution in [0.4, 0.5) is 0 Å². The van der Waals surface area contributed by atoms with Crippen LogP contribution in [0.2, 0.25) is 0 Å². The number of rotatable bonds is 5. The SMILES string of the molecule is CCCC1NC(=O)C(C(C)C)N(Cc2sccc2Br)C1=O. The number of hydrogen-bond donors (Lipinski definition) is 1. The lowest BCUT2D eigenvalue weighted by atomic mass is 9.95. The first kappa shape index (κ1) is 16.5. The normalized spacial score (nSPS) is 22.8. The standard InChI is InChI=1S/C15H21BrN2O2S/c1-4-5-11-15(20)18(8-12-10(16)6-7-21-12)13(9(2)3)14(19)17-11/h6-7,9,11,13H,4-5,8H2,1-3H3,(H,17,19). The van der Waals surface area contributed by atoms with Gasteiger partial charge in [-0.25, -0.2) is 0 Å². The molecule has 0 aliphatic carbocycles. The van der Waals surface area contributed by atoms with Crippen molar-refractivity contribution >= 4 is 39.1 Å². The zero-order valence-corrected chi connectivity index (χ0v) is 15.0. The van der Waals surface area contributed by atoms with E-state index < -0.39 is 0 Å². The quantitative estimate of drug-likeness (QED) is 0.862. The summed E-state index contributed by atoms with van der Waals surface area (Å²) in [6.07, 6.45) is 1.57. The van der Waals surface area contributed by atoms with Gasteiger partial charge in [0.2, 0.25) is 11.8 Å². The minimum Gasteiger partial charge on any atom is -0.342 e. The zero-order valence-electron chi connectivity index (χ0n) is 12.6. The lowest BCUT2D eigenvalue weighted by Crippen LogP contribution is -2.64. The molecule has 0 aromatic carbocycles. The van der Waals surface area contributed by atoms with Crippen molar-refractivity contribution in [2.24, 2.45) is 5.92 Å². The molecule has 0 spiro atoms. The summed E-state index contributed by atoms with van der Waals surface area (Å²) in [4.78, 5) is 27.9. The molecule has 1 aliphatic heterocycles. The third-order valence-corrected chi connectivity index (χ3v) is 5.63. The van der Waals surface area contributed by atoms with E-state index in [9.17, 15) is 9.59 Å². The smallest absolute Gasteiger partial charge is 0.246 e. The molecule has 2 unspecified atom stereocenters. The Kier molecular flexibility index (Phi) is 5.43. The molecule has 1 aliphatic rings. The molecule has 1 fully saturated rings. The highest BCUT2D eigenvalue weighted by Crippen LogP contribution is 2.28. The van der Waals surface area contributed by atoms with Crippen LogP contribution in [0.25, 0.3) is 0 Å². The van der Waals surface area contributed by atoms with Crippen LogP contribution in [0, 0.1) is 5.92 Å². The summed E-state index contributed by atoms with van der Waals surface area (Å²) in [6, 6.07) is 1.21. The molecule has 1 aromatic rings. The molecule has 0 saturated carbocycles. The Morgan fingerprint density at radius 2 is 2.14 bits per heavy atom. The molecular formula is C15H21BrN2O2S. The fraction of sp³-hybridized carbons (Fsp3) is 0.600. The van der Waals surface area contributed by atoms with E-state index in [2.05, 4.69) is 21.2 Å². The number of thiophene rings is 1. The maximum absolute atomic E-state index is 12.7. The van der Waals surface area contributed by atoms with E-state index >= 15 is 0 Å². The van der Waals surface area contributed by atoms with Crippen LogP contribution in [0.15, 0.2) is 15.9 Å². The third-order valence-electron chi connectivity index (χ3n) is 3.72. The lowest BCUT2D eigenvalue weighted by molar-refractivity contribution is -0.152. The molecule has 2 atom stereocenters. The summed E-state index contributed by atoms with van der Waals surface area (Å²) in [5.74, 6) is 0.0986.